The van der Waals surface area contributed by atoms with E-state index in [1.165, 1.54) is 41.6 Å². The molecule has 54 heavy (non-hydrogen) atoms. The first-order chi connectivity index (χ1) is 26.2. The zero-order valence-electron chi connectivity index (χ0n) is 31.7. The third kappa shape index (κ3) is 4.41. The maximum Gasteiger partial charge on any atom is 0.189 e. The second kappa shape index (κ2) is 11.8. The van der Waals surface area contributed by atoms with E-state index in [9.17, 15) is 15.3 Å². The normalized spacial score (nSPS) is 46.0. The maximum atomic E-state index is 13.3. The van der Waals surface area contributed by atoms with E-state index in [2.05, 4.69) is 80.8 Å². The number of rotatable bonds is 4. The van der Waals surface area contributed by atoms with Gasteiger partial charge in [-0.3, -0.25) is 4.99 Å². The molecule has 8 aliphatic rings. The zero-order chi connectivity index (χ0) is 36.6. The summed E-state index contributed by atoms with van der Waals surface area (Å²) in [5, 5.41) is 43.3. The number of allylic oxidation sites excluding steroid dienone is 2. The Kier molecular flexibility index (Phi) is 7.36. The van der Waals surface area contributed by atoms with E-state index >= 15 is 0 Å². The summed E-state index contributed by atoms with van der Waals surface area (Å²) in [5.74, 6) is 9.44. The number of nitrogens with two attached hydrogens (primary N) is 1. The SMILES string of the molecule is CN=C(N)N[C@H]1C#C[C@H]2C[C@]34CC[C@H](C3)[C@H](c3ccc[nH]3)CCC4=C(Cc3cc4ccccc4[nH]3)[C@@]23[C@@H]2CC[C@@H]4[C@H]3CCC[C@@]4(O)[C@H]3C[C@H](O)[C@@](O)(C1)[C@@H]23. The molecule has 6 saturated carbocycles. The molecule has 0 unspecified atom stereocenters. The van der Waals surface area contributed by atoms with Gasteiger partial charge in [0, 0.05) is 60.2 Å². The van der Waals surface area contributed by atoms with Gasteiger partial charge in [0.25, 0.3) is 0 Å². The smallest absolute Gasteiger partial charge is 0.189 e. The lowest BCUT2D eigenvalue weighted by Gasteiger charge is -2.64. The van der Waals surface area contributed by atoms with Crippen molar-refractivity contribution in [1.82, 2.24) is 15.3 Å². The first-order valence-corrected chi connectivity index (χ1v) is 21.2. The van der Waals surface area contributed by atoms with Crippen molar-refractivity contribution in [2.45, 2.75) is 119 Å². The predicted octanol–water partition coefficient (Wildman–Crippen LogP) is 6.31. The number of fused-ring (bicyclic) bond motifs is 3. The molecule has 3 aromatic rings. The molecule has 1 aromatic carbocycles. The molecule has 0 radical (unpaired) electrons. The van der Waals surface area contributed by atoms with Crippen LogP contribution in [0.2, 0.25) is 0 Å². The monoisotopic (exact) mass is 727 g/mol. The van der Waals surface area contributed by atoms with Crippen LogP contribution in [0, 0.1) is 64.1 Å². The molecule has 11 rings (SSSR count). The highest BCUT2D eigenvalue weighted by molar-refractivity contribution is 5.80. The number of hydrogen-bond donors (Lipinski definition) is 7. The number of H-pyrrole nitrogens is 2. The van der Waals surface area contributed by atoms with Crippen molar-refractivity contribution < 1.29 is 15.3 Å². The Balaban J connectivity index is 1.19. The van der Waals surface area contributed by atoms with E-state index in [0.29, 0.717) is 24.2 Å². The van der Waals surface area contributed by atoms with Gasteiger partial charge in [0.05, 0.1) is 23.3 Å². The molecule has 2 aromatic heterocycles. The number of guanidine groups is 1. The Morgan fingerprint density at radius 2 is 1.81 bits per heavy atom. The van der Waals surface area contributed by atoms with Crippen molar-refractivity contribution >= 4 is 16.9 Å². The summed E-state index contributed by atoms with van der Waals surface area (Å²) in [6, 6.07) is 15.1. The van der Waals surface area contributed by atoms with Gasteiger partial charge in [-0.2, -0.15) is 0 Å². The van der Waals surface area contributed by atoms with Crippen LogP contribution in [0.5, 0.6) is 0 Å². The van der Waals surface area contributed by atoms with Crippen molar-refractivity contribution in [3.8, 4) is 11.8 Å². The van der Waals surface area contributed by atoms with Crippen molar-refractivity contribution in [2.75, 3.05) is 7.05 Å². The van der Waals surface area contributed by atoms with E-state index in [1.54, 1.807) is 18.2 Å². The summed E-state index contributed by atoms with van der Waals surface area (Å²) in [6.45, 7) is 0. The number of aliphatic hydroxyl groups excluding tert-OH is 1. The topological polar surface area (TPSA) is 143 Å². The Morgan fingerprint density at radius 3 is 2.65 bits per heavy atom. The van der Waals surface area contributed by atoms with Crippen LogP contribution in [-0.4, -0.2) is 61.6 Å². The molecule has 8 heteroatoms. The molecule has 14 atom stereocenters. The molecule has 6 fully saturated rings. The summed E-state index contributed by atoms with van der Waals surface area (Å²) in [7, 11) is 1.67. The first-order valence-electron chi connectivity index (χ1n) is 21.2. The van der Waals surface area contributed by atoms with E-state index < -0.39 is 23.3 Å². The molecule has 8 aliphatic carbocycles. The minimum atomic E-state index is -1.41. The second-order valence-corrected chi connectivity index (χ2v) is 19.2. The first kappa shape index (κ1) is 33.8. The highest BCUT2D eigenvalue weighted by atomic mass is 16.3. The lowest BCUT2D eigenvalue weighted by molar-refractivity contribution is -0.151. The van der Waals surface area contributed by atoms with E-state index in [1.807, 2.05) is 0 Å². The van der Waals surface area contributed by atoms with Crippen LogP contribution in [0.25, 0.3) is 10.9 Å². The summed E-state index contributed by atoms with van der Waals surface area (Å²) in [4.78, 5) is 11.8. The summed E-state index contributed by atoms with van der Waals surface area (Å²) < 4.78 is 0. The van der Waals surface area contributed by atoms with Gasteiger partial charge in [-0.25, -0.2) is 0 Å². The molecule has 0 saturated heterocycles. The maximum absolute atomic E-state index is 13.3. The molecule has 284 valence electrons. The van der Waals surface area contributed by atoms with Crippen molar-refractivity contribution in [2.24, 2.45) is 63.0 Å². The molecular weight excluding hydrogens is 671 g/mol. The fraction of sp³-hybridized carbons (Fsp3) is 0.630. The highest BCUT2D eigenvalue weighted by Gasteiger charge is 2.76. The number of hydrogen-bond acceptors (Lipinski definition) is 4. The van der Waals surface area contributed by atoms with Gasteiger partial charge in [-0.1, -0.05) is 47.6 Å². The van der Waals surface area contributed by atoms with E-state index in [0.717, 1.165) is 57.8 Å². The highest BCUT2D eigenvalue weighted by Crippen LogP contribution is 2.77. The largest absolute Gasteiger partial charge is 0.390 e. The molecule has 0 aliphatic heterocycles. The van der Waals surface area contributed by atoms with Crippen LogP contribution in [0.4, 0.5) is 0 Å². The van der Waals surface area contributed by atoms with Crippen molar-refractivity contribution in [1.29, 1.82) is 0 Å². The van der Waals surface area contributed by atoms with Gasteiger partial charge < -0.3 is 36.3 Å². The van der Waals surface area contributed by atoms with Gasteiger partial charge in [-0.05, 0) is 141 Å². The van der Waals surface area contributed by atoms with E-state index in [4.69, 9.17) is 5.73 Å². The minimum absolute atomic E-state index is 0.0736. The lowest BCUT2D eigenvalue weighted by atomic mass is 9.40. The van der Waals surface area contributed by atoms with Gasteiger partial charge in [0.1, 0.15) is 0 Å². The Bertz CT molecular complexity index is 2080. The van der Waals surface area contributed by atoms with Crippen LogP contribution in [0.3, 0.4) is 0 Å². The summed E-state index contributed by atoms with van der Waals surface area (Å²) >= 11 is 0. The Labute approximate surface area is 318 Å². The second-order valence-electron chi connectivity index (χ2n) is 19.2. The number of aromatic nitrogens is 2. The molecule has 8 bridgehead atoms. The van der Waals surface area contributed by atoms with Gasteiger partial charge in [0.15, 0.2) is 5.96 Å². The molecule has 8 N–H and O–H groups in total. The zero-order valence-corrected chi connectivity index (χ0v) is 31.7. The van der Waals surface area contributed by atoms with Gasteiger partial charge in [0.2, 0.25) is 0 Å². The van der Waals surface area contributed by atoms with Crippen LogP contribution in [0.1, 0.15) is 101 Å². The molecular formula is C46H57N5O3. The molecule has 2 heterocycles. The van der Waals surface area contributed by atoms with Crippen LogP contribution in [0.15, 0.2) is 64.8 Å². The van der Waals surface area contributed by atoms with Gasteiger partial charge >= 0.3 is 0 Å². The van der Waals surface area contributed by atoms with Crippen LogP contribution < -0.4 is 11.1 Å². The van der Waals surface area contributed by atoms with Gasteiger partial charge in [-0.15, -0.1) is 0 Å². The van der Waals surface area contributed by atoms with Crippen molar-refractivity contribution in [3.63, 3.8) is 0 Å². The minimum Gasteiger partial charge on any atom is -0.390 e. The Hall–Kier alpha value is -3.51. The van der Waals surface area contributed by atoms with Crippen LogP contribution >= 0.6 is 0 Å². The number of nitrogens with zero attached hydrogens (tertiary/aromatic N) is 1. The number of aromatic amines is 2. The standard InChI is InChI=1S/C46H57N5O3/c1-48-42(47)51-29-11-10-28-24-43-18-16-27(23-43)31(39-9-5-19-49-39)12-13-32(43)36(21-30-20-26-6-2-3-8-38(26)50-30)46(28)34-7-4-17-44(53)33(34)14-15-35(46)41-37(44)22-40(52)45(41,54)25-29/h2-3,5-6,8-9,19-20,27-29,31,33-35,37,40-41,49-50,52-54H,4,7,12-18,21-25H2,1H3,(H3,47,48,51)/t27-,28+,29+,31-,33-,34-,35-,37+,40+,41+,43+,44+,45+,46+/m1/s1. The fourth-order valence-electron chi connectivity index (χ4n) is 15.9. The number of nitrogens with one attached hydrogen (secondary N) is 3. The van der Waals surface area contributed by atoms with Crippen LogP contribution in [-0.2, 0) is 6.42 Å². The number of aliphatic hydroxyl groups is 3. The predicted molar refractivity (Wildman–Crippen MR) is 210 cm³/mol. The summed E-state index contributed by atoms with van der Waals surface area (Å²) in [5.41, 5.74) is 10.9. The number of aliphatic imine (C=N–C) groups is 1. The summed E-state index contributed by atoms with van der Waals surface area (Å²) in [6.07, 6.45) is 14.4. The molecule has 8 nitrogen and oxygen atoms in total. The number of benzene rings is 1. The quantitative estimate of drug-likeness (QED) is 0.0730. The third-order valence-corrected chi connectivity index (χ3v) is 17.5. The average Bonchev–Trinajstić information content (AvgIpc) is 3.94. The third-order valence-electron chi connectivity index (χ3n) is 17.5. The lowest BCUT2D eigenvalue weighted by Crippen LogP contribution is -2.60. The molecule has 2 spiro atoms. The average molecular weight is 728 g/mol. The fourth-order valence-corrected chi connectivity index (χ4v) is 15.9. The Morgan fingerprint density at radius 1 is 0.944 bits per heavy atom. The number of para-hydroxylation sites is 1. The van der Waals surface area contributed by atoms with Crippen molar-refractivity contribution in [3.05, 3.63) is 71.2 Å². The van der Waals surface area contributed by atoms with E-state index in [-0.39, 0.29) is 52.8 Å². The molecule has 0 amide bonds.